The number of rotatable bonds is 4. The molecule has 0 fully saturated rings. The molecule has 20 heavy (non-hydrogen) atoms. The summed E-state index contributed by atoms with van der Waals surface area (Å²) in [6, 6.07) is 17.8. The minimum atomic E-state index is 0.321. The van der Waals surface area contributed by atoms with Crippen LogP contribution in [0.1, 0.15) is 42.1 Å². The van der Waals surface area contributed by atoms with Crippen LogP contribution in [0.15, 0.2) is 48.5 Å². The summed E-state index contributed by atoms with van der Waals surface area (Å²) in [5, 5.41) is 3.75. The smallest absolute Gasteiger partial charge is 0.119 e. The minimum absolute atomic E-state index is 0.321. The number of ether oxygens (including phenoxy) is 1. The maximum absolute atomic E-state index is 5.30. The maximum Gasteiger partial charge on any atom is 0.119 e. The molecular formula is C18H21NO. The molecule has 2 atom stereocenters. The van der Waals surface area contributed by atoms with E-state index in [1.807, 2.05) is 6.07 Å². The average Bonchev–Trinajstić information content (AvgIpc) is 2.90. The lowest BCUT2D eigenvalue weighted by atomic mass is 10.0. The number of hydrogen-bond donors (Lipinski definition) is 1. The Balaban J connectivity index is 1.75. The molecule has 3 rings (SSSR count). The molecule has 2 aromatic carbocycles. The van der Waals surface area contributed by atoms with E-state index in [2.05, 4.69) is 54.7 Å². The normalized spacial score (nSPS) is 18.6. The summed E-state index contributed by atoms with van der Waals surface area (Å²) in [5.41, 5.74) is 4.22. The van der Waals surface area contributed by atoms with Gasteiger partial charge in [-0.05, 0) is 48.6 Å². The van der Waals surface area contributed by atoms with Gasteiger partial charge in [-0.2, -0.15) is 0 Å². The van der Waals surface area contributed by atoms with Crippen LogP contribution in [0.25, 0.3) is 0 Å². The molecule has 1 aliphatic rings. The van der Waals surface area contributed by atoms with Crippen LogP contribution in [-0.4, -0.2) is 7.11 Å². The van der Waals surface area contributed by atoms with Gasteiger partial charge in [0.05, 0.1) is 7.11 Å². The van der Waals surface area contributed by atoms with Crippen LogP contribution in [0, 0.1) is 0 Å². The van der Waals surface area contributed by atoms with Crippen molar-refractivity contribution < 1.29 is 4.74 Å². The SMILES string of the molecule is COc1cccc(C(C)NC2CCc3ccccc32)c1. The van der Waals surface area contributed by atoms with Gasteiger partial charge >= 0.3 is 0 Å². The number of hydrogen-bond acceptors (Lipinski definition) is 2. The van der Waals surface area contributed by atoms with Gasteiger partial charge < -0.3 is 10.1 Å². The lowest BCUT2D eigenvalue weighted by Gasteiger charge is -2.21. The van der Waals surface area contributed by atoms with Gasteiger partial charge in [-0.15, -0.1) is 0 Å². The fraction of sp³-hybridized carbons (Fsp3) is 0.333. The predicted octanol–water partition coefficient (Wildman–Crippen LogP) is 4.03. The van der Waals surface area contributed by atoms with Crippen molar-refractivity contribution in [2.75, 3.05) is 7.11 Å². The molecule has 2 aromatic rings. The van der Waals surface area contributed by atoms with E-state index < -0.39 is 0 Å². The molecule has 0 aromatic heterocycles. The lowest BCUT2D eigenvalue weighted by molar-refractivity contribution is 0.411. The number of fused-ring (bicyclic) bond motifs is 1. The van der Waals surface area contributed by atoms with Crippen molar-refractivity contribution in [2.45, 2.75) is 31.8 Å². The van der Waals surface area contributed by atoms with Crippen LogP contribution in [0.4, 0.5) is 0 Å². The second-order valence-corrected chi connectivity index (χ2v) is 5.46. The second-order valence-electron chi connectivity index (χ2n) is 5.46. The standard InChI is InChI=1S/C18H21NO/c1-13(15-7-5-8-16(12-15)20-2)19-18-11-10-14-6-3-4-9-17(14)18/h3-9,12-13,18-19H,10-11H2,1-2H3. The Hall–Kier alpha value is -1.80. The third kappa shape index (κ3) is 2.56. The fourth-order valence-corrected chi connectivity index (χ4v) is 3.04. The third-order valence-corrected chi connectivity index (χ3v) is 4.18. The molecule has 2 nitrogen and oxygen atoms in total. The van der Waals surface area contributed by atoms with E-state index in [0.717, 1.165) is 5.75 Å². The highest BCUT2D eigenvalue weighted by Crippen LogP contribution is 2.33. The van der Waals surface area contributed by atoms with Gasteiger partial charge in [0.1, 0.15) is 5.75 Å². The average molecular weight is 267 g/mol. The van der Waals surface area contributed by atoms with E-state index >= 15 is 0 Å². The summed E-state index contributed by atoms with van der Waals surface area (Å²) in [6.07, 6.45) is 2.37. The van der Waals surface area contributed by atoms with Crippen LogP contribution in [-0.2, 0) is 6.42 Å². The second kappa shape index (κ2) is 5.68. The Morgan fingerprint density at radius 2 is 2.00 bits per heavy atom. The van der Waals surface area contributed by atoms with E-state index in [1.165, 1.54) is 29.5 Å². The molecule has 1 N–H and O–H groups in total. The highest BCUT2D eigenvalue weighted by molar-refractivity contribution is 5.35. The summed E-state index contributed by atoms with van der Waals surface area (Å²) in [7, 11) is 1.71. The van der Waals surface area contributed by atoms with Crippen molar-refractivity contribution in [1.29, 1.82) is 0 Å². The van der Waals surface area contributed by atoms with Crippen LogP contribution >= 0.6 is 0 Å². The highest BCUT2D eigenvalue weighted by atomic mass is 16.5. The summed E-state index contributed by atoms with van der Waals surface area (Å²) in [4.78, 5) is 0. The molecule has 0 heterocycles. The van der Waals surface area contributed by atoms with Crippen LogP contribution < -0.4 is 10.1 Å². The van der Waals surface area contributed by atoms with Crippen molar-refractivity contribution >= 4 is 0 Å². The topological polar surface area (TPSA) is 21.3 Å². The molecule has 104 valence electrons. The van der Waals surface area contributed by atoms with Gasteiger partial charge in [0.15, 0.2) is 0 Å². The lowest BCUT2D eigenvalue weighted by Crippen LogP contribution is -2.23. The van der Waals surface area contributed by atoms with Crippen molar-refractivity contribution in [3.8, 4) is 5.75 Å². The van der Waals surface area contributed by atoms with Gasteiger partial charge in [0.2, 0.25) is 0 Å². The molecule has 2 unspecified atom stereocenters. The first-order chi connectivity index (χ1) is 9.78. The van der Waals surface area contributed by atoms with E-state index in [1.54, 1.807) is 7.11 Å². The molecule has 2 heteroatoms. The summed E-state index contributed by atoms with van der Waals surface area (Å²) >= 11 is 0. The number of benzene rings is 2. The third-order valence-electron chi connectivity index (χ3n) is 4.18. The monoisotopic (exact) mass is 267 g/mol. The quantitative estimate of drug-likeness (QED) is 0.903. The molecule has 0 aliphatic heterocycles. The number of nitrogens with one attached hydrogen (secondary N) is 1. The van der Waals surface area contributed by atoms with E-state index in [9.17, 15) is 0 Å². The first-order valence-electron chi connectivity index (χ1n) is 7.25. The molecule has 1 aliphatic carbocycles. The van der Waals surface area contributed by atoms with Crippen molar-refractivity contribution in [2.24, 2.45) is 0 Å². The van der Waals surface area contributed by atoms with Crippen molar-refractivity contribution in [3.63, 3.8) is 0 Å². The van der Waals surface area contributed by atoms with Gasteiger partial charge in [0.25, 0.3) is 0 Å². The molecule has 0 bridgehead atoms. The van der Waals surface area contributed by atoms with Crippen LogP contribution in [0.3, 0.4) is 0 Å². The minimum Gasteiger partial charge on any atom is -0.497 e. The Bertz CT molecular complexity index is 593. The summed E-state index contributed by atoms with van der Waals surface area (Å²) in [5.74, 6) is 0.919. The molecule has 0 saturated carbocycles. The van der Waals surface area contributed by atoms with Gasteiger partial charge in [-0.3, -0.25) is 0 Å². The van der Waals surface area contributed by atoms with E-state index in [0.29, 0.717) is 12.1 Å². The van der Waals surface area contributed by atoms with Crippen LogP contribution in [0.5, 0.6) is 5.75 Å². The van der Waals surface area contributed by atoms with Crippen molar-refractivity contribution in [3.05, 3.63) is 65.2 Å². The maximum atomic E-state index is 5.30. The number of methoxy groups -OCH3 is 1. The molecule has 0 amide bonds. The first-order valence-corrected chi connectivity index (χ1v) is 7.25. The fourth-order valence-electron chi connectivity index (χ4n) is 3.04. The van der Waals surface area contributed by atoms with Crippen LogP contribution in [0.2, 0.25) is 0 Å². The number of aryl methyl sites for hydroxylation is 1. The summed E-state index contributed by atoms with van der Waals surface area (Å²) < 4.78 is 5.30. The Kier molecular flexibility index (Phi) is 3.75. The largest absolute Gasteiger partial charge is 0.497 e. The van der Waals surface area contributed by atoms with Gasteiger partial charge in [0, 0.05) is 12.1 Å². The van der Waals surface area contributed by atoms with E-state index in [4.69, 9.17) is 4.74 Å². The van der Waals surface area contributed by atoms with E-state index in [-0.39, 0.29) is 0 Å². The van der Waals surface area contributed by atoms with Crippen molar-refractivity contribution in [1.82, 2.24) is 5.32 Å². The Labute approximate surface area is 120 Å². The molecule has 0 radical (unpaired) electrons. The predicted molar refractivity (Wildman–Crippen MR) is 82.0 cm³/mol. The van der Waals surface area contributed by atoms with Gasteiger partial charge in [-0.25, -0.2) is 0 Å². The highest BCUT2D eigenvalue weighted by Gasteiger charge is 2.23. The molecule has 0 saturated heterocycles. The zero-order valence-corrected chi connectivity index (χ0v) is 12.1. The molecular weight excluding hydrogens is 246 g/mol. The first kappa shape index (κ1) is 13.2. The summed E-state index contributed by atoms with van der Waals surface area (Å²) in [6.45, 7) is 2.22. The zero-order valence-electron chi connectivity index (χ0n) is 12.1. The Morgan fingerprint density at radius 1 is 1.15 bits per heavy atom. The van der Waals surface area contributed by atoms with Gasteiger partial charge in [-0.1, -0.05) is 36.4 Å². The Morgan fingerprint density at radius 3 is 2.85 bits per heavy atom. The molecule has 0 spiro atoms. The zero-order chi connectivity index (χ0) is 13.9.